The summed E-state index contributed by atoms with van der Waals surface area (Å²) in [5, 5.41) is 0. The quantitative estimate of drug-likeness (QED) is 0.653. The molecule has 2 N–H and O–H groups in total. The number of hydrogen-bond acceptors (Lipinski definition) is 3. The first-order chi connectivity index (χ1) is 6.34. The zero-order chi connectivity index (χ0) is 9.52. The van der Waals surface area contributed by atoms with Crippen LogP contribution in [0.3, 0.4) is 0 Å². The van der Waals surface area contributed by atoms with E-state index in [2.05, 4.69) is 0 Å². The fraction of sp³-hybridized carbons (Fsp3) is 0.900. The van der Waals surface area contributed by atoms with Crippen LogP contribution in [0.5, 0.6) is 0 Å². The van der Waals surface area contributed by atoms with Crippen LogP contribution in [0.15, 0.2) is 0 Å². The number of rotatable bonds is 5. The molecule has 1 heterocycles. The maximum atomic E-state index is 11.6. The Bertz CT molecular complexity index is 153. The number of unbranched alkanes of at least 4 members (excludes halogenated alkanes) is 1. The fourth-order valence-corrected chi connectivity index (χ4v) is 1.67. The molecule has 0 amide bonds. The predicted octanol–water partition coefficient (Wildman–Crippen LogP) is 1.11. The van der Waals surface area contributed by atoms with Gasteiger partial charge in [0.15, 0.2) is 0 Å². The molecule has 1 aliphatic rings. The van der Waals surface area contributed by atoms with Crippen LogP contribution in [0.1, 0.15) is 32.1 Å². The summed E-state index contributed by atoms with van der Waals surface area (Å²) >= 11 is 0. The van der Waals surface area contributed by atoms with Crippen molar-refractivity contribution in [1.29, 1.82) is 0 Å². The Hall–Kier alpha value is -0.410. The number of hydrogen-bond donors (Lipinski definition) is 1. The highest BCUT2D eigenvalue weighted by Gasteiger charge is 2.20. The van der Waals surface area contributed by atoms with Crippen molar-refractivity contribution in [2.75, 3.05) is 19.8 Å². The van der Waals surface area contributed by atoms with Crippen molar-refractivity contribution in [3.8, 4) is 0 Å². The van der Waals surface area contributed by atoms with Crippen molar-refractivity contribution in [3.05, 3.63) is 0 Å². The highest BCUT2D eigenvalue weighted by Crippen LogP contribution is 2.18. The average Bonchev–Trinajstić information content (AvgIpc) is 2.19. The number of carbonyl (C=O) groups excluding carboxylic acids is 1. The molecule has 0 aromatic heterocycles. The standard InChI is InChI=1S/C10H19NO2/c11-6-2-1-3-10(12)9-4-7-13-8-5-9/h9H,1-8,11H2. The number of ketones is 1. The summed E-state index contributed by atoms with van der Waals surface area (Å²) in [6.45, 7) is 2.21. The van der Waals surface area contributed by atoms with E-state index in [1.807, 2.05) is 0 Å². The lowest BCUT2D eigenvalue weighted by molar-refractivity contribution is -0.125. The summed E-state index contributed by atoms with van der Waals surface area (Å²) in [5.41, 5.74) is 5.36. The van der Waals surface area contributed by atoms with E-state index in [4.69, 9.17) is 10.5 Å². The smallest absolute Gasteiger partial charge is 0.136 e. The number of carbonyl (C=O) groups is 1. The maximum absolute atomic E-state index is 11.6. The van der Waals surface area contributed by atoms with Gasteiger partial charge in [0, 0.05) is 25.6 Å². The Balaban J connectivity index is 2.13. The molecule has 3 nitrogen and oxygen atoms in total. The topological polar surface area (TPSA) is 52.3 Å². The molecule has 0 spiro atoms. The molecule has 0 aromatic rings. The van der Waals surface area contributed by atoms with Gasteiger partial charge in [0.2, 0.25) is 0 Å². The third-order valence-corrected chi connectivity index (χ3v) is 2.55. The minimum atomic E-state index is 0.270. The van der Waals surface area contributed by atoms with Gasteiger partial charge >= 0.3 is 0 Å². The second-order valence-electron chi connectivity index (χ2n) is 3.60. The van der Waals surface area contributed by atoms with Gasteiger partial charge in [-0.05, 0) is 32.2 Å². The van der Waals surface area contributed by atoms with Crippen LogP contribution in [-0.4, -0.2) is 25.5 Å². The van der Waals surface area contributed by atoms with Crippen molar-refractivity contribution in [2.45, 2.75) is 32.1 Å². The summed E-state index contributed by atoms with van der Waals surface area (Å²) < 4.78 is 5.20. The van der Waals surface area contributed by atoms with E-state index in [1.165, 1.54) is 0 Å². The third kappa shape index (κ3) is 3.87. The van der Waals surface area contributed by atoms with Gasteiger partial charge in [-0.15, -0.1) is 0 Å². The Labute approximate surface area is 79.6 Å². The molecule has 1 rings (SSSR count). The third-order valence-electron chi connectivity index (χ3n) is 2.55. The van der Waals surface area contributed by atoms with Crippen LogP contribution in [0.2, 0.25) is 0 Å². The highest BCUT2D eigenvalue weighted by molar-refractivity contribution is 5.80. The molecule has 0 atom stereocenters. The fourth-order valence-electron chi connectivity index (χ4n) is 1.67. The normalized spacial score (nSPS) is 18.8. The van der Waals surface area contributed by atoms with Crippen LogP contribution in [0, 0.1) is 5.92 Å². The molecule has 0 aliphatic carbocycles. The monoisotopic (exact) mass is 185 g/mol. The average molecular weight is 185 g/mol. The van der Waals surface area contributed by atoms with E-state index in [0.717, 1.165) is 38.9 Å². The van der Waals surface area contributed by atoms with Gasteiger partial charge in [-0.1, -0.05) is 0 Å². The van der Waals surface area contributed by atoms with Crippen molar-refractivity contribution in [3.63, 3.8) is 0 Å². The minimum absolute atomic E-state index is 0.270. The van der Waals surface area contributed by atoms with E-state index >= 15 is 0 Å². The van der Waals surface area contributed by atoms with Gasteiger partial charge in [0.05, 0.1) is 0 Å². The van der Waals surface area contributed by atoms with Gasteiger partial charge in [-0.25, -0.2) is 0 Å². The van der Waals surface area contributed by atoms with Crippen molar-refractivity contribution >= 4 is 5.78 Å². The summed E-state index contributed by atoms with van der Waals surface area (Å²) in [7, 11) is 0. The van der Waals surface area contributed by atoms with Crippen LogP contribution >= 0.6 is 0 Å². The van der Waals surface area contributed by atoms with Gasteiger partial charge in [-0.3, -0.25) is 4.79 Å². The maximum Gasteiger partial charge on any atom is 0.136 e. The molecule has 0 saturated carbocycles. The van der Waals surface area contributed by atoms with E-state index in [9.17, 15) is 4.79 Å². The molecule has 0 aromatic carbocycles. The number of nitrogens with two attached hydrogens (primary N) is 1. The first kappa shape index (κ1) is 10.7. The number of ether oxygens (including phenoxy) is 1. The van der Waals surface area contributed by atoms with Crippen molar-refractivity contribution < 1.29 is 9.53 Å². The van der Waals surface area contributed by atoms with E-state index in [-0.39, 0.29) is 5.92 Å². The zero-order valence-corrected chi connectivity index (χ0v) is 8.13. The van der Waals surface area contributed by atoms with E-state index < -0.39 is 0 Å². The molecule has 0 radical (unpaired) electrons. The predicted molar refractivity (Wildman–Crippen MR) is 51.5 cm³/mol. The molecular formula is C10H19NO2. The molecular weight excluding hydrogens is 166 g/mol. The summed E-state index contributed by atoms with van der Waals surface area (Å²) in [5.74, 6) is 0.684. The summed E-state index contributed by atoms with van der Waals surface area (Å²) in [6.07, 6.45) is 4.46. The Morgan fingerprint density at radius 2 is 2.00 bits per heavy atom. The largest absolute Gasteiger partial charge is 0.381 e. The molecule has 1 saturated heterocycles. The Morgan fingerprint density at radius 3 is 2.62 bits per heavy atom. The second kappa shape index (κ2) is 6.11. The van der Waals surface area contributed by atoms with Crippen LogP contribution < -0.4 is 5.73 Å². The van der Waals surface area contributed by atoms with Crippen molar-refractivity contribution in [1.82, 2.24) is 0 Å². The lowest BCUT2D eigenvalue weighted by Gasteiger charge is -2.20. The zero-order valence-electron chi connectivity index (χ0n) is 8.13. The SMILES string of the molecule is NCCCCC(=O)C1CCOCC1. The van der Waals surface area contributed by atoms with Crippen molar-refractivity contribution in [2.24, 2.45) is 11.7 Å². The van der Waals surface area contributed by atoms with Gasteiger partial charge < -0.3 is 10.5 Å². The second-order valence-corrected chi connectivity index (χ2v) is 3.60. The van der Waals surface area contributed by atoms with Crippen LogP contribution in [0.4, 0.5) is 0 Å². The lowest BCUT2D eigenvalue weighted by atomic mass is 9.92. The Kier molecular flexibility index (Phi) is 5.01. The highest BCUT2D eigenvalue weighted by atomic mass is 16.5. The number of Topliss-reactive ketones (excluding diaryl/α,β-unsaturated/α-hetero) is 1. The minimum Gasteiger partial charge on any atom is -0.381 e. The molecule has 3 heteroatoms. The molecule has 1 fully saturated rings. The molecule has 0 bridgehead atoms. The first-order valence-electron chi connectivity index (χ1n) is 5.15. The molecule has 0 unspecified atom stereocenters. The van der Waals surface area contributed by atoms with Crippen LogP contribution in [0.25, 0.3) is 0 Å². The first-order valence-corrected chi connectivity index (χ1v) is 5.15. The van der Waals surface area contributed by atoms with Gasteiger partial charge in [0.1, 0.15) is 5.78 Å². The molecule has 76 valence electrons. The van der Waals surface area contributed by atoms with Crippen LogP contribution in [-0.2, 0) is 9.53 Å². The summed E-state index contributed by atoms with van der Waals surface area (Å²) in [6, 6.07) is 0. The van der Waals surface area contributed by atoms with E-state index in [0.29, 0.717) is 18.7 Å². The van der Waals surface area contributed by atoms with Gasteiger partial charge in [-0.2, -0.15) is 0 Å². The lowest BCUT2D eigenvalue weighted by Crippen LogP contribution is -2.23. The van der Waals surface area contributed by atoms with E-state index in [1.54, 1.807) is 0 Å². The Morgan fingerprint density at radius 1 is 1.31 bits per heavy atom. The van der Waals surface area contributed by atoms with Gasteiger partial charge in [0.25, 0.3) is 0 Å². The molecule has 13 heavy (non-hydrogen) atoms. The summed E-state index contributed by atoms with van der Waals surface area (Å²) in [4.78, 5) is 11.6. The molecule has 1 aliphatic heterocycles.